The van der Waals surface area contributed by atoms with Gasteiger partial charge in [0.2, 0.25) is 5.91 Å². The van der Waals surface area contributed by atoms with Gasteiger partial charge >= 0.3 is 0 Å². The molecule has 0 spiro atoms. The zero-order valence-corrected chi connectivity index (χ0v) is 16.6. The summed E-state index contributed by atoms with van der Waals surface area (Å²) in [5, 5.41) is 2.78. The van der Waals surface area contributed by atoms with Crippen molar-refractivity contribution in [3.05, 3.63) is 70.4 Å². The van der Waals surface area contributed by atoms with E-state index in [1.807, 2.05) is 12.1 Å². The molecular weight excluding hydrogens is 392 g/mol. The van der Waals surface area contributed by atoms with Gasteiger partial charge < -0.3 is 14.8 Å². The quantitative estimate of drug-likeness (QED) is 0.823. The van der Waals surface area contributed by atoms with E-state index in [4.69, 9.17) is 9.47 Å². The summed E-state index contributed by atoms with van der Waals surface area (Å²) in [4.78, 5) is 25.4. The molecule has 2 aromatic rings. The summed E-state index contributed by atoms with van der Waals surface area (Å²) < 4.78 is 38.8. The van der Waals surface area contributed by atoms with E-state index in [-0.39, 0.29) is 36.0 Å². The molecule has 0 bridgehead atoms. The first-order chi connectivity index (χ1) is 14.4. The van der Waals surface area contributed by atoms with E-state index >= 15 is 0 Å². The summed E-state index contributed by atoms with van der Waals surface area (Å²) in [6.45, 7) is 0. The van der Waals surface area contributed by atoms with Crippen molar-refractivity contribution in [2.45, 2.75) is 31.1 Å². The van der Waals surface area contributed by atoms with Crippen molar-refractivity contribution in [3.63, 3.8) is 0 Å². The lowest BCUT2D eigenvalue weighted by molar-refractivity contribution is -0.122. The molecule has 1 N–H and O–H groups in total. The van der Waals surface area contributed by atoms with E-state index in [0.717, 1.165) is 11.6 Å². The summed E-state index contributed by atoms with van der Waals surface area (Å²) >= 11 is 0. The standard InChI is InChI=1S/C23H21F2NO4/c1-29-19-7-6-12(10-20(19)30-2)13-8-17-22(18(27)9-13)15(11-21(28)26-17)14-4-3-5-16(24)23(14)25/h3-7,10,13,15H,8-9,11H2,1-2H3,(H,26,28)/t13-,15+/m1/s1. The third-order valence-corrected chi connectivity index (χ3v) is 5.77. The van der Waals surface area contributed by atoms with Gasteiger partial charge in [-0.2, -0.15) is 0 Å². The number of halogens is 2. The summed E-state index contributed by atoms with van der Waals surface area (Å²) in [5.41, 5.74) is 1.77. The zero-order chi connectivity index (χ0) is 21.4. The number of methoxy groups -OCH3 is 2. The van der Waals surface area contributed by atoms with Crippen LogP contribution in [0.25, 0.3) is 0 Å². The number of allylic oxidation sites excluding steroid dienone is 2. The molecule has 7 heteroatoms. The first-order valence-electron chi connectivity index (χ1n) is 9.64. The summed E-state index contributed by atoms with van der Waals surface area (Å²) in [7, 11) is 3.08. The van der Waals surface area contributed by atoms with Crippen LogP contribution >= 0.6 is 0 Å². The summed E-state index contributed by atoms with van der Waals surface area (Å²) in [6.07, 6.45) is 0.527. The maximum Gasteiger partial charge on any atom is 0.225 e. The van der Waals surface area contributed by atoms with Crippen LogP contribution in [0.1, 0.15) is 42.2 Å². The van der Waals surface area contributed by atoms with Crippen molar-refractivity contribution in [2.24, 2.45) is 0 Å². The van der Waals surface area contributed by atoms with E-state index < -0.39 is 17.6 Å². The number of Topliss-reactive ketones (excluding diaryl/α,β-unsaturated/α-hetero) is 1. The number of nitrogens with one attached hydrogen (secondary N) is 1. The molecule has 2 aliphatic rings. The Morgan fingerprint density at radius 1 is 0.967 bits per heavy atom. The number of carbonyl (C=O) groups is 2. The molecule has 4 rings (SSSR count). The SMILES string of the molecule is COc1ccc([C@H]2CC(=O)C3=C(C2)NC(=O)C[C@H]3c2cccc(F)c2F)cc1OC. The van der Waals surface area contributed by atoms with Gasteiger partial charge in [-0.1, -0.05) is 18.2 Å². The average molecular weight is 413 g/mol. The van der Waals surface area contributed by atoms with Gasteiger partial charge in [0, 0.05) is 30.0 Å². The van der Waals surface area contributed by atoms with Crippen LogP contribution in [0.15, 0.2) is 47.7 Å². The first-order valence-corrected chi connectivity index (χ1v) is 9.64. The fraction of sp³-hybridized carbons (Fsp3) is 0.304. The topological polar surface area (TPSA) is 64.6 Å². The Morgan fingerprint density at radius 2 is 1.73 bits per heavy atom. The molecule has 2 aromatic carbocycles. The van der Waals surface area contributed by atoms with Crippen molar-refractivity contribution < 1.29 is 27.8 Å². The maximum atomic E-state index is 14.4. The van der Waals surface area contributed by atoms with Gasteiger partial charge in [0.25, 0.3) is 0 Å². The van der Waals surface area contributed by atoms with Gasteiger partial charge in [-0.05, 0) is 41.7 Å². The van der Waals surface area contributed by atoms with Crippen LogP contribution in [-0.4, -0.2) is 25.9 Å². The number of benzene rings is 2. The van der Waals surface area contributed by atoms with E-state index in [1.54, 1.807) is 13.2 Å². The monoisotopic (exact) mass is 413 g/mol. The van der Waals surface area contributed by atoms with E-state index in [9.17, 15) is 18.4 Å². The third kappa shape index (κ3) is 3.44. The fourth-order valence-corrected chi connectivity index (χ4v) is 4.36. The third-order valence-electron chi connectivity index (χ3n) is 5.77. The molecule has 1 aliphatic heterocycles. The molecule has 1 heterocycles. The molecule has 156 valence electrons. The van der Waals surface area contributed by atoms with Crippen LogP contribution in [0.5, 0.6) is 11.5 Å². The Balaban J connectivity index is 1.72. The number of ketones is 1. The number of carbonyl (C=O) groups excluding carboxylic acids is 2. The second-order valence-corrected chi connectivity index (χ2v) is 7.48. The normalized spacial score (nSPS) is 21.2. The predicted molar refractivity (Wildman–Crippen MR) is 105 cm³/mol. The van der Waals surface area contributed by atoms with Gasteiger partial charge in [0.1, 0.15) is 0 Å². The molecule has 0 fully saturated rings. The van der Waals surface area contributed by atoms with Crippen LogP contribution in [0.3, 0.4) is 0 Å². The number of ether oxygens (including phenoxy) is 2. The van der Waals surface area contributed by atoms with Crippen LogP contribution in [-0.2, 0) is 9.59 Å². The van der Waals surface area contributed by atoms with Crippen LogP contribution < -0.4 is 14.8 Å². The molecule has 30 heavy (non-hydrogen) atoms. The number of amides is 1. The summed E-state index contributed by atoms with van der Waals surface area (Å²) in [6, 6.07) is 9.29. The lowest BCUT2D eigenvalue weighted by atomic mass is 9.73. The lowest BCUT2D eigenvalue weighted by Gasteiger charge is -2.34. The van der Waals surface area contributed by atoms with Gasteiger partial charge in [0.05, 0.1) is 14.2 Å². The number of rotatable bonds is 4. The van der Waals surface area contributed by atoms with Crippen molar-refractivity contribution in [3.8, 4) is 11.5 Å². The minimum Gasteiger partial charge on any atom is -0.493 e. The van der Waals surface area contributed by atoms with Crippen LogP contribution in [0.2, 0.25) is 0 Å². The minimum atomic E-state index is -1.01. The van der Waals surface area contributed by atoms with Crippen LogP contribution in [0, 0.1) is 11.6 Å². The highest BCUT2D eigenvalue weighted by molar-refractivity contribution is 6.02. The van der Waals surface area contributed by atoms with Gasteiger partial charge in [-0.25, -0.2) is 8.78 Å². The van der Waals surface area contributed by atoms with Crippen molar-refractivity contribution in [2.75, 3.05) is 14.2 Å². The van der Waals surface area contributed by atoms with Crippen molar-refractivity contribution in [1.29, 1.82) is 0 Å². The molecule has 0 aromatic heterocycles. The second kappa shape index (κ2) is 7.89. The molecular formula is C23H21F2NO4. The molecule has 2 atom stereocenters. The number of hydrogen-bond acceptors (Lipinski definition) is 4. The minimum absolute atomic E-state index is 0.0373. The van der Waals surface area contributed by atoms with E-state index in [2.05, 4.69) is 5.32 Å². The van der Waals surface area contributed by atoms with Crippen molar-refractivity contribution >= 4 is 11.7 Å². The molecule has 1 aliphatic carbocycles. The average Bonchev–Trinajstić information content (AvgIpc) is 2.74. The van der Waals surface area contributed by atoms with E-state index in [1.165, 1.54) is 19.2 Å². The molecule has 1 amide bonds. The first kappa shape index (κ1) is 20.1. The second-order valence-electron chi connectivity index (χ2n) is 7.48. The molecule has 0 radical (unpaired) electrons. The highest BCUT2D eigenvalue weighted by atomic mass is 19.2. The Labute approximate surface area is 172 Å². The largest absolute Gasteiger partial charge is 0.493 e. The fourth-order valence-electron chi connectivity index (χ4n) is 4.36. The maximum absolute atomic E-state index is 14.4. The number of hydrogen-bond donors (Lipinski definition) is 1. The lowest BCUT2D eigenvalue weighted by Crippen LogP contribution is -2.38. The molecule has 0 saturated carbocycles. The van der Waals surface area contributed by atoms with Gasteiger partial charge in [-0.3, -0.25) is 9.59 Å². The smallest absolute Gasteiger partial charge is 0.225 e. The Hall–Kier alpha value is -3.22. The van der Waals surface area contributed by atoms with Gasteiger partial charge in [0.15, 0.2) is 28.9 Å². The van der Waals surface area contributed by atoms with Crippen LogP contribution in [0.4, 0.5) is 8.78 Å². The Kier molecular flexibility index (Phi) is 5.28. The predicted octanol–water partition coefficient (Wildman–Crippen LogP) is 3.99. The zero-order valence-electron chi connectivity index (χ0n) is 16.6. The molecule has 0 unspecified atom stereocenters. The molecule has 5 nitrogen and oxygen atoms in total. The summed E-state index contributed by atoms with van der Waals surface area (Å²) in [5.74, 6) is -2.33. The Morgan fingerprint density at radius 3 is 2.47 bits per heavy atom. The van der Waals surface area contributed by atoms with E-state index in [0.29, 0.717) is 29.2 Å². The van der Waals surface area contributed by atoms with Crippen molar-refractivity contribution in [1.82, 2.24) is 5.32 Å². The highest BCUT2D eigenvalue weighted by Gasteiger charge is 2.39. The van der Waals surface area contributed by atoms with Gasteiger partial charge in [-0.15, -0.1) is 0 Å². The Bertz CT molecular complexity index is 1060. The molecule has 0 saturated heterocycles. The highest BCUT2D eigenvalue weighted by Crippen LogP contribution is 2.44.